The average molecular weight is 150 g/mol. The van der Waals surface area contributed by atoms with Crippen LogP contribution in [0.25, 0.3) is 20.9 Å². The van der Waals surface area contributed by atoms with Crippen LogP contribution < -0.4 is 0 Å². The number of azide groups is 2. The first-order valence-corrected chi connectivity index (χ1v) is 2.52. The van der Waals surface area contributed by atoms with Crippen molar-refractivity contribution in [3.05, 3.63) is 33.3 Å². The minimum Gasteiger partial charge on any atom is -0.212 e. The summed E-state index contributed by atoms with van der Waals surface area (Å²) >= 11 is 0. The summed E-state index contributed by atoms with van der Waals surface area (Å²) in [5.41, 5.74) is 16.0. The Kier molecular flexibility index (Phi) is 1.97. The van der Waals surface area contributed by atoms with E-state index >= 15 is 0 Å². The SMILES string of the molecule is [N-]=[N+]=Nc1nccn1N=[N+]=[N-]. The van der Waals surface area contributed by atoms with Gasteiger partial charge in [0.25, 0.3) is 5.95 Å². The molecule has 0 saturated carbocycles. The molecule has 8 heteroatoms. The van der Waals surface area contributed by atoms with E-state index in [4.69, 9.17) is 11.1 Å². The van der Waals surface area contributed by atoms with Gasteiger partial charge in [-0.3, -0.25) is 0 Å². The number of hydrogen-bond donors (Lipinski definition) is 0. The third-order valence-electron chi connectivity index (χ3n) is 0.873. The molecule has 1 rings (SSSR count). The molecule has 0 spiro atoms. The Labute approximate surface area is 60.3 Å². The summed E-state index contributed by atoms with van der Waals surface area (Å²) in [6.45, 7) is 0. The topological polar surface area (TPSA) is 115 Å². The third kappa shape index (κ3) is 1.39. The molecule has 1 aromatic heterocycles. The molecule has 0 amide bonds. The predicted octanol–water partition coefficient (Wildman–Crippen LogP) is 1.90. The Morgan fingerprint density at radius 1 is 1.45 bits per heavy atom. The lowest BCUT2D eigenvalue weighted by Gasteiger charge is -1.83. The van der Waals surface area contributed by atoms with Crippen molar-refractivity contribution in [1.82, 2.24) is 9.66 Å². The van der Waals surface area contributed by atoms with E-state index < -0.39 is 0 Å². The van der Waals surface area contributed by atoms with Crippen LogP contribution in [-0.2, 0) is 0 Å². The van der Waals surface area contributed by atoms with E-state index in [0.717, 1.165) is 4.68 Å². The van der Waals surface area contributed by atoms with E-state index in [1.807, 2.05) is 0 Å². The van der Waals surface area contributed by atoms with Crippen LogP contribution in [0.5, 0.6) is 0 Å². The molecule has 54 valence electrons. The Bertz CT molecular complexity index is 303. The molecule has 0 aliphatic carbocycles. The molecule has 1 heterocycles. The molecule has 0 aliphatic heterocycles. The Balaban J connectivity index is 3.14. The van der Waals surface area contributed by atoms with Gasteiger partial charge < -0.3 is 0 Å². The van der Waals surface area contributed by atoms with Gasteiger partial charge in [0.15, 0.2) is 0 Å². The van der Waals surface area contributed by atoms with Gasteiger partial charge in [-0.15, -0.1) is 5.53 Å². The van der Waals surface area contributed by atoms with Crippen LogP contribution in [0.15, 0.2) is 22.7 Å². The van der Waals surface area contributed by atoms with Crippen LogP contribution in [0.3, 0.4) is 0 Å². The van der Waals surface area contributed by atoms with E-state index in [1.165, 1.54) is 12.4 Å². The van der Waals surface area contributed by atoms with Gasteiger partial charge in [0.1, 0.15) is 6.20 Å². The van der Waals surface area contributed by atoms with Crippen LogP contribution in [0.1, 0.15) is 0 Å². The standard InChI is InChI=1S/C3H2N8/c4-8-7-3-6-1-2-11(3)10-9-5/h1-2H. The van der Waals surface area contributed by atoms with Gasteiger partial charge in [0, 0.05) is 10.0 Å². The molecule has 0 unspecified atom stereocenters. The van der Waals surface area contributed by atoms with E-state index in [-0.39, 0.29) is 5.95 Å². The summed E-state index contributed by atoms with van der Waals surface area (Å²) in [5.74, 6) is 0.0188. The first-order chi connectivity index (χ1) is 5.38. The molecule has 0 N–H and O–H groups in total. The minimum atomic E-state index is 0.0188. The van der Waals surface area contributed by atoms with Crippen LogP contribution in [0.4, 0.5) is 5.95 Å². The molecule has 0 bridgehead atoms. The second-order valence-electron chi connectivity index (χ2n) is 1.44. The van der Waals surface area contributed by atoms with Crippen molar-refractivity contribution in [2.45, 2.75) is 0 Å². The number of imidazole rings is 1. The number of rotatable bonds is 2. The fraction of sp³-hybridized carbons (Fsp3) is 0. The average Bonchev–Trinajstić information content (AvgIpc) is 2.39. The van der Waals surface area contributed by atoms with Gasteiger partial charge in [-0.05, 0) is 10.8 Å². The van der Waals surface area contributed by atoms with Crippen molar-refractivity contribution < 1.29 is 0 Å². The highest BCUT2D eigenvalue weighted by Gasteiger charge is 1.99. The van der Waals surface area contributed by atoms with Gasteiger partial charge >= 0.3 is 0 Å². The van der Waals surface area contributed by atoms with Gasteiger partial charge in [-0.25, -0.2) is 4.98 Å². The smallest absolute Gasteiger partial charge is 0.212 e. The molecule has 11 heavy (non-hydrogen) atoms. The number of aromatic nitrogens is 2. The van der Waals surface area contributed by atoms with Crippen molar-refractivity contribution in [3.8, 4) is 0 Å². The zero-order valence-corrected chi connectivity index (χ0v) is 5.23. The zero-order chi connectivity index (χ0) is 8.10. The lowest BCUT2D eigenvalue weighted by atomic mass is 11.0. The summed E-state index contributed by atoms with van der Waals surface area (Å²) in [4.78, 5) is 8.57. The van der Waals surface area contributed by atoms with Crippen molar-refractivity contribution in [2.24, 2.45) is 10.3 Å². The molecular formula is C3H2N8. The fourth-order valence-electron chi connectivity index (χ4n) is 0.514. The summed E-state index contributed by atoms with van der Waals surface area (Å²) in [5, 5.41) is 6.31. The molecule has 0 saturated heterocycles. The Hall–Kier alpha value is -2.17. The molecule has 0 aromatic carbocycles. The van der Waals surface area contributed by atoms with Crippen molar-refractivity contribution in [1.29, 1.82) is 0 Å². The monoisotopic (exact) mass is 150 g/mol. The molecule has 8 nitrogen and oxygen atoms in total. The minimum absolute atomic E-state index is 0.0188. The molecule has 0 fully saturated rings. The maximum atomic E-state index is 8.01. The second-order valence-corrected chi connectivity index (χ2v) is 1.44. The van der Waals surface area contributed by atoms with Gasteiger partial charge in [-0.1, -0.05) is 0 Å². The van der Waals surface area contributed by atoms with Gasteiger partial charge in [-0.2, -0.15) is 9.59 Å². The predicted molar refractivity (Wildman–Crippen MR) is 35.6 cm³/mol. The van der Waals surface area contributed by atoms with Crippen LogP contribution in [0.2, 0.25) is 0 Å². The molecular weight excluding hydrogens is 148 g/mol. The maximum Gasteiger partial charge on any atom is 0.293 e. The zero-order valence-electron chi connectivity index (χ0n) is 5.23. The lowest BCUT2D eigenvalue weighted by molar-refractivity contribution is 0.857. The van der Waals surface area contributed by atoms with Gasteiger partial charge in [0.05, 0.1) is 6.20 Å². The summed E-state index contributed by atoms with van der Waals surface area (Å²) in [6, 6.07) is 0. The van der Waals surface area contributed by atoms with E-state index in [2.05, 4.69) is 25.1 Å². The normalized spacial score (nSPS) is 8.00. The van der Waals surface area contributed by atoms with E-state index in [1.54, 1.807) is 0 Å². The van der Waals surface area contributed by atoms with Crippen molar-refractivity contribution in [2.75, 3.05) is 0 Å². The van der Waals surface area contributed by atoms with Crippen molar-refractivity contribution in [3.63, 3.8) is 0 Å². The molecule has 1 aromatic rings. The van der Waals surface area contributed by atoms with E-state index in [0.29, 0.717) is 0 Å². The van der Waals surface area contributed by atoms with Gasteiger partial charge in [0.2, 0.25) is 0 Å². The quantitative estimate of drug-likeness (QED) is 0.357. The first kappa shape index (κ1) is 6.94. The number of nitrogens with zero attached hydrogens (tertiary/aromatic N) is 8. The number of hydrogen-bond acceptors (Lipinski definition) is 3. The summed E-state index contributed by atoms with van der Waals surface area (Å²) < 4.78 is 1.03. The molecule has 0 atom stereocenters. The Morgan fingerprint density at radius 2 is 2.27 bits per heavy atom. The largest absolute Gasteiger partial charge is 0.293 e. The summed E-state index contributed by atoms with van der Waals surface area (Å²) in [6.07, 6.45) is 2.74. The molecule has 0 radical (unpaired) electrons. The Morgan fingerprint density at radius 3 is 2.91 bits per heavy atom. The lowest BCUT2D eigenvalue weighted by Crippen LogP contribution is -1.80. The first-order valence-electron chi connectivity index (χ1n) is 2.52. The maximum absolute atomic E-state index is 8.01. The van der Waals surface area contributed by atoms with Crippen LogP contribution in [0, 0.1) is 0 Å². The fourth-order valence-corrected chi connectivity index (χ4v) is 0.514. The highest BCUT2D eigenvalue weighted by Crippen LogP contribution is 2.07. The van der Waals surface area contributed by atoms with Crippen LogP contribution in [-0.4, -0.2) is 9.66 Å². The van der Waals surface area contributed by atoms with E-state index in [9.17, 15) is 0 Å². The second kappa shape index (κ2) is 3.11. The molecule has 0 aliphatic rings. The highest BCUT2D eigenvalue weighted by atomic mass is 15.5. The summed E-state index contributed by atoms with van der Waals surface area (Å²) in [7, 11) is 0. The van der Waals surface area contributed by atoms with Crippen LogP contribution >= 0.6 is 0 Å². The van der Waals surface area contributed by atoms with Crippen molar-refractivity contribution >= 4 is 5.95 Å². The third-order valence-corrected chi connectivity index (χ3v) is 0.873. The highest BCUT2D eigenvalue weighted by molar-refractivity contribution is 5.15.